The summed E-state index contributed by atoms with van der Waals surface area (Å²) < 4.78 is 39.3. The first-order valence-corrected chi connectivity index (χ1v) is 9.18. The molecule has 0 saturated heterocycles. The van der Waals surface area contributed by atoms with Crippen molar-refractivity contribution in [2.75, 3.05) is 23.0 Å². The van der Waals surface area contributed by atoms with Gasteiger partial charge in [-0.2, -0.15) is 13.2 Å². The molecule has 0 spiro atoms. The highest BCUT2D eigenvalue weighted by atomic mass is 32.2. The lowest BCUT2D eigenvalue weighted by Gasteiger charge is -2.17. The molecule has 0 aliphatic carbocycles. The van der Waals surface area contributed by atoms with Crippen LogP contribution in [-0.2, 0) is 11.0 Å². The number of anilines is 1. The van der Waals surface area contributed by atoms with Gasteiger partial charge in [0.05, 0.1) is 16.0 Å². The molecule has 7 nitrogen and oxygen atoms in total. The second-order valence-electron chi connectivity index (χ2n) is 5.06. The van der Waals surface area contributed by atoms with E-state index in [9.17, 15) is 18.0 Å². The van der Waals surface area contributed by atoms with E-state index in [1.54, 1.807) is 6.92 Å². The van der Waals surface area contributed by atoms with Crippen LogP contribution in [0.3, 0.4) is 0 Å². The lowest BCUT2D eigenvalue weighted by molar-refractivity contribution is -0.146. The number of thiazole rings is 1. The summed E-state index contributed by atoms with van der Waals surface area (Å²) in [6, 6.07) is 7.48. The predicted octanol–water partition coefficient (Wildman–Crippen LogP) is 2.77. The molecule has 0 bridgehead atoms. The maximum atomic E-state index is 12.7. The van der Waals surface area contributed by atoms with Gasteiger partial charge >= 0.3 is 6.18 Å². The number of carbonyl (C=O) groups excluding carboxylic acids is 1. The normalized spacial score (nSPS) is 11.8. The molecule has 138 valence electrons. The van der Waals surface area contributed by atoms with Crippen LogP contribution in [0.1, 0.15) is 12.7 Å². The number of carbonyl (C=O) groups is 1. The summed E-state index contributed by atoms with van der Waals surface area (Å²) in [7, 11) is 0. The van der Waals surface area contributed by atoms with Crippen LogP contribution in [0.5, 0.6) is 0 Å². The Balaban J connectivity index is 1.73. The van der Waals surface area contributed by atoms with Gasteiger partial charge in [-0.05, 0) is 19.1 Å². The average Bonchev–Trinajstić information content (AvgIpc) is 3.16. The van der Waals surface area contributed by atoms with Crippen molar-refractivity contribution in [2.24, 2.45) is 0 Å². The van der Waals surface area contributed by atoms with Crippen LogP contribution in [0.2, 0.25) is 0 Å². The zero-order valence-electron chi connectivity index (χ0n) is 13.4. The van der Waals surface area contributed by atoms with Gasteiger partial charge in [0.25, 0.3) is 5.82 Å². The number of benzene rings is 1. The Hall–Kier alpha value is -2.34. The fourth-order valence-corrected chi connectivity index (χ4v) is 3.95. The van der Waals surface area contributed by atoms with Gasteiger partial charge in [0.2, 0.25) is 11.1 Å². The smallest absolute Gasteiger partial charge is 0.335 e. The van der Waals surface area contributed by atoms with Gasteiger partial charge in [-0.15, -0.1) is 10.2 Å². The number of hydrogen-bond acceptors (Lipinski definition) is 7. The lowest BCUT2D eigenvalue weighted by atomic mass is 10.3. The summed E-state index contributed by atoms with van der Waals surface area (Å²) >= 11 is 2.16. The van der Waals surface area contributed by atoms with E-state index in [0.29, 0.717) is 16.4 Å². The molecular weight excluding hydrogens is 389 g/mol. The highest BCUT2D eigenvalue weighted by Crippen LogP contribution is 2.31. The zero-order chi connectivity index (χ0) is 18.9. The quantitative estimate of drug-likeness (QED) is 0.521. The third kappa shape index (κ3) is 3.60. The number of fused-ring (bicyclic) bond motifs is 1. The van der Waals surface area contributed by atoms with Crippen LogP contribution in [0.25, 0.3) is 10.2 Å². The molecule has 0 atom stereocenters. The predicted molar refractivity (Wildman–Crippen MR) is 93.5 cm³/mol. The van der Waals surface area contributed by atoms with Gasteiger partial charge in [-0.1, -0.05) is 35.2 Å². The number of nitrogen functional groups attached to an aromatic ring is 1. The molecule has 0 radical (unpaired) electrons. The first-order chi connectivity index (χ1) is 12.3. The Bertz CT molecular complexity index is 905. The lowest BCUT2D eigenvalue weighted by Crippen LogP contribution is -2.32. The minimum absolute atomic E-state index is 0.142. The van der Waals surface area contributed by atoms with Crippen molar-refractivity contribution in [3.8, 4) is 0 Å². The molecule has 2 aromatic heterocycles. The standard InChI is InChI=1S/C14H13F3N6OS2/c1-2-22(12-19-8-5-3-4-6-9(8)26-12)10(24)7-25-13-21-20-11(23(13)18)14(15,16)17/h3-6H,2,7,18H2,1H3. The molecule has 3 rings (SSSR count). The largest absolute Gasteiger partial charge is 0.453 e. The Morgan fingerprint density at radius 3 is 2.69 bits per heavy atom. The van der Waals surface area contributed by atoms with Gasteiger partial charge in [0.15, 0.2) is 5.13 Å². The Morgan fingerprint density at radius 1 is 1.35 bits per heavy atom. The van der Waals surface area contributed by atoms with Crippen molar-refractivity contribution < 1.29 is 18.0 Å². The first-order valence-electron chi connectivity index (χ1n) is 7.37. The third-order valence-electron chi connectivity index (χ3n) is 3.37. The van der Waals surface area contributed by atoms with Crippen LogP contribution in [-0.4, -0.2) is 38.1 Å². The highest BCUT2D eigenvalue weighted by Gasteiger charge is 2.38. The zero-order valence-corrected chi connectivity index (χ0v) is 15.0. The molecular formula is C14H13F3N6OS2. The Labute approximate surface area is 154 Å². The van der Waals surface area contributed by atoms with Crippen LogP contribution in [0.15, 0.2) is 29.4 Å². The van der Waals surface area contributed by atoms with Gasteiger partial charge < -0.3 is 5.84 Å². The topological polar surface area (TPSA) is 89.9 Å². The fourth-order valence-electron chi connectivity index (χ4n) is 2.17. The molecule has 0 saturated carbocycles. The molecule has 3 aromatic rings. The molecule has 0 aliphatic rings. The summed E-state index contributed by atoms with van der Waals surface area (Å²) in [4.78, 5) is 18.4. The van der Waals surface area contributed by atoms with E-state index in [4.69, 9.17) is 5.84 Å². The number of para-hydroxylation sites is 1. The van der Waals surface area contributed by atoms with Crippen molar-refractivity contribution in [1.82, 2.24) is 19.9 Å². The molecule has 1 aromatic carbocycles. The molecule has 26 heavy (non-hydrogen) atoms. The number of nitrogens with two attached hydrogens (primary N) is 1. The molecule has 2 heterocycles. The monoisotopic (exact) mass is 402 g/mol. The molecule has 0 fully saturated rings. The number of hydrogen-bond donors (Lipinski definition) is 1. The summed E-state index contributed by atoms with van der Waals surface area (Å²) in [5.41, 5.74) is 0.780. The van der Waals surface area contributed by atoms with E-state index in [0.717, 1.165) is 22.0 Å². The van der Waals surface area contributed by atoms with E-state index >= 15 is 0 Å². The minimum Gasteiger partial charge on any atom is -0.335 e. The molecule has 0 aliphatic heterocycles. The van der Waals surface area contributed by atoms with Crippen molar-refractivity contribution in [1.29, 1.82) is 0 Å². The second kappa shape index (κ2) is 7.11. The van der Waals surface area contributed by atoms with Gasteiger partial charge in [-0.25, -0.2) is 9.66 Å². The summed E-state index contributed by atoms with van der Waals surface area (Å²) in [5, 5.41) is 6.76. The maximum absolute atomic E-state index is 12.7. The molecule has 1 amide bonds. The number of nitrogens with zero attached hydrogens (tertiary/aromatic N) is 5. The van der Waals surface area contributed by atoms with Crippen LogP contribution >= 0.6 is 23.1 Å². The fraction of sp³-hybridized carbons (Fsp3) is 0.286. The summed E-state index contributed by atoms with van der Waals surface area (Å²) in [6.07, 6.45) is -4.71. The Kier molecular flexibility index (Phi) is 5.05. The van der Waals surface area contributed by atoms with Crippen molar-refractivity contribution in [2.45, 2.75) is 18.3 Å². The summed E-state index contributed by atoms with van der Waals surface area (Å²) in [5.74, 6) is 3.59. The number of thioether (sulfide) groups is 1. The van der Waals surface area contributed by atoms with Gasteiger partial charge in [-0.3, -0.25) is 9.69 Å². The number of rotatable bonds is 5. The number of aromatic nitrogens is 4. The second-order valence-corrected chi connectivity index (χ2v) is 7.02. The Morgan fingerprint density at radius 2 is 2.08 bits per heavy atom. The average molecular weight is 402 g/mol. The number of alkyl halides is 3. The van der Waals surface area contributed by atoms with E-state index < -0.39 is 12.0 Å². The number of halogens is 3. The minimum atomic E-state index is -4.71. The summed E-state index contributed by atoms with van der Waals surface area (Å²) in [6.45, 7) is 2.17. The van der Waals surface area contributed by atoms with Crippen molar-refractivity contribution in [3.63, 3.8) is 0 Å². The van der Waals surface area contributed by atoms with E-state index in [2.05, 4.69) is 15.2 Å². The third-order valence-corrected chi connectivity index (χ3v) is 5.36. The van der Waals surface area contributed by atoms with Gasteiger partial charge in [0.1, 0.15) is 0 Å². The van der Waals surface area contributed by atoms with Crippen molar-refractivity contribution >= 4 is 44.4 Å². The SMILES string of the molecule is CCN(C(=O)CSc1nnc(C(F)(F)F)n1N)c1nc2ccccc2s1. The number of amides is 1. The van der Waals surface area contributed by atoms with Crippen LogP contribution in [0, 0.1) is 0 Å². The van der Waals surface area contributed by atoms with Crippen LogP contribution < -0.4 is 10.7 Å². The van der Waals surface area contributed by atoms with E-state index in [1.807, 2.05) is 24.3 Å². The highest BCUT2D eigenvalue weighted by molar-refractivity contribution is 7.99. The van der Waals surface area contributed by atoms with E-state index in [-0.39, 0.29) is 16.8 Å². The maximum Gasteiger partial charge on any atom is 0.453 e. The molecule has 0 unspecified atom stereocenters. The van der Waals surface area contributed by atoms with Crippen molar-refractivity contribution in [3.05, 3.63) is 30.1 Å². The van der Waals surface area contributed by atoms with E-state index in [1.165, 1.54) is 16.2 Å². The van der Waals surface area contributed by atoms with Crippen LogP contribution in [0.4, 0.5) is 18.3 Å². The van der Waals surface area contributed by atoms with Gasteiger partial charge in [0, 0.05) is 6.54 Å². The molecule has 12 heteroatoms. The molecule has 2 N–H and O–H groups in total. The first kappa shape index (κ1) is 18.5.